The van der Waals surface area contributed by atoms with Crippen molar-refractivity contribution < 1.29 is 30.2 Å². The maximum Gasteiger partial charge on any atom is 2.00 e. The fourth-order valence-corrected chi connectivity index (χ4v) is 7.25. The number of nitrogens with zero attached hydrogens (tertiary/aromatic N) is 4. The van der Waals surface area contributed by atoms with E-state index in [1.165, 1.54) is 41.5 Å². The quantitative estimate of drug-likeness (QED) is 0.114. The maximum atomic E-state index is 14.3. The molecule has 0 amide bonds. The van der Waals surface area contributed by atoms with Crippen LogP contribution in [0.15, 0.2) is 78.5 Å². The van der Waals surface area contributed by atoms with Gasteiger partial charge in [0.25, 0.3) is 0 Å². The van der Waals surface area contributed by atoms with Crippen LogP contribution in [0.25, 0.3) is 33.3 Å². The first-order valence-electron chi connectivity index (χ1n) is 16.4. The van der Waals surface area contributed by atoms with Crippen LogP contribution in [-0.2, 0) is 27.5 Å². The summed E-state index contributed by atoms with van der Waals surface area (Å²) in [6.07, 6.45) is 9.33. The van der Waals surface area contributed by atoms with Crippen molar-refractivity contribution in [1.29, 1.82) is 0 Å². The van der Waals surface area contributed by atoms with Crippen molar-refractivity contribution in [2.24, 2.45) is 5.92 Å². The van der Waals surface area contributed by atoms with Gasteiger partial charge >= 0.3 is 21.1 Å². The van der Waals surface area contributed by atoms with E-state index < -0.39 is 0 Å². The smallest absolute Gasteiger partial charge is 0.509 e. The van der Waals surface area contributed by atoms with Gasteiger partial charge in [-0.25, -0.2) is 9.37 Å². The number of aromatic nitrogens is 4. The third kappa shape index (κ3) is 6.21. The Kier molecular flexibility index (Phi) is 9.52. The van der Waals surface area contributed by atoms with Crippen LogP contribution in [0.3, 0.4) is 0 Å². The molecule has 5 nitrogen and oxygen atoms in total. The molecule has 7 rings (SSSR count). The molecule has 0 N–H and O–H groups in total. The molecular weight excluding hydrogens is 767 g/mol. The van der Waals surface area contributed by atoms with Crippen LogP contribution >= 0.6 is 0 Å². The molecule has 3 aromatic heterocycles. The molecule has 2 atom stereocenters. The summed E-state index contributed by atoms with van der Waals surface area (Å²) in [4.78, 5) is 4.48. The molecule has 0 saturated carbocycles. The predicted molar refractivity (Wildman–Crippen MR) is 183 cm³/mol. The van der Waals surface area contributed by atoms with Crippen molar-refractivity contribution in [2.75, 3.05) is 0 Å². The normalized spacial score (nSPS) is 16.3. The SMILES string of the molecule is CCCCc1cc(Oc2[c-]c3c(cc2)c2ccccc2n3-c2cc(F)ccn2)[c-]c(-n2nc(C)c(C3C(C)=CCC[C@@H]3C)c2C)c1.[Pt+2]. The van der Waals surface area contributed by atoms with Crippen molar-refractivity contribution >= 4 is 21.8 Å². The van der Waals surface area contributed by atoms with E-state index in [4.69, 9.17) is 9.84 Å². The molecule has 47 heavy (non-hydrogen) atoms. The average molecular weight is 806 g/mol. The number of aryl methyl sites for hydroxylation is 2. The first-order chi connectivity index (χ1) is 22.3. The first-order valence-corrected chi connectivity index (χ1v) is 16.4. The van der Waals surface area contributed by atoms with Crippen LogP contribution in [0, 0.1) is 37.7 Å². The fourth-order valence-electron chi connectivity index (χ4n) is 7.25. The van der Waals surface area contributed by atoms with E-state index in [-0.39, 0.29) is 26.9 Å². The van der Waals surface area contributed by atoms with Gasteiger partial charge in [-0.3, -0.25) is 4.68 Å². The Morgan fingerprint density at radius 3 is 2.60 bits per heavy atom. The summed E-state index contributed by atoms with van der Waals surface area (Å²) in [5.41, 5.74) is 8.74. The Hall–Kier alpha value is -4.02. The molecule has 0 saturated heterocycles. The first kappa shape index (κ1) is 32.9. The van der Waals surface area contributed by atoms with Crippen LogP contribution in [0.2, 0.25) is 0 Å². The zero-order valence-electron chi connectivity index (χ0n) is 27.5. The number of fused-ring (bicyclic) bond motifs is 3. The Morgan fingerprint density at radius 1 is 0.979 bits per heavy atom. The fraction of sp³-hybridized carbons (Fsp3) is 0.300. The van der Waals surface area contributed by atoms with Gasteiger partial charge < -0.3 is 9.30 Å². The largest absolute Gasteiger partial charge is 2.00 e. The van der Waals surface area contributed by atoms with Gasteiger partial charge in [0, 0.05) is 46.5 Å². The monoisotopic (exact) mass is 805 g/mol. The molecule has 1 aliphatic carbocycles. The molecule has 0 fully saturated rings. The molecular formula is C40H39FN4OPt. The van der Waals surface area contributed by atoms with Crippen LogP contribution in [0.5, 0.6) is 11.5 Å². The molecule has 1 unspecified atom stereocenters. The molecule has 0 radical (unpaired) electrons. The molecule has 3 heterocycles. The minimum atomic E-state index is -0.342. The predicted octanol–water partition coefficient (Wildman–Crippen LogP) is 10.3. The number of hydrogen-bond acceptors (Lipinski definition) is 3. The van der Waals surface area contributed by atoms with Gasteiger partial charge in [0.05, 0.1) is 5.69 Å². The second kappa shape index (κ2) is 13.6. The number of ether oxygens (including phenoxy) is 1. The zero-order chi connectivity index (χ0) is 31.9. The van der Waals surface area contributed by atoms with Crippen LogP contribution in [0.1, 0.15) is 74.9 Å². The second-order valence-electron chi connectivity index (χ2n) is 12.7. The third-order valence-corrected chi connectivity index (χ3v) is 9.46. The summed E-state index contributed by atoms with van der Waals surface area (Å²) < 4.78 is 24.8. The Balaban J connectivity index is 0.00000386. The van der Waals surface area contributed by atoms with Gasteiger partial charge in [-0.05, 0) is 62.7 Å². The van der Waals surface area contributed by atoms with E-state index >= 15 is 0 Å². The number of para-hydroxylation sites is 1. The molecule has 7 heteroatoms. The van der Waals surface area contributed by atoms with Crippen LogP contribution in [-0.4, -0.2) is 19.3 Å². The molecule has 6 aromatic rings. The summed E-state index contributed by atoms with van der Waals surface area (Å²) in [6.45, 7) is 11.1. The summed E-state index contributed by atoms with van der Waals surface area (Å²) >= 11 is 0. The van der Waals surface area contributed by atoms with E-state index in [2.05, 4.69) is 76.0 Å². The Bertz CT molecular complexity index is 2110. The Morgan fingerprint density at radius 2 is 1.81 bits per heavy atom. The van der Waals surface area contributed by atoms with Gasteiger partial charge in [-0.1, -0.05) is 68.5 Å². The van der Waals surface area contributed by atoms with E-state index in [0.29, 0.717) is 29.2 Å². The number of allylic oxidation sites excluding steroid dienone is 2. The Labute approximate surface area is 290 Å². The van der Waals surface area contributed by atoms with Crippen molar-refractivity contribution in [3.63, 3.8) is 0 Å². The van der Waals surface area contributed by atoms with Gasteiger partial charge in [0.1, 0.15) is 11.6 Å². The molecule has 3 aromatic carbocycles. The topological polar surface area (TPSA) is 44.9 Å². The summed E-state index contributed by atoms with van der Waals surface area (Å²) in [5, 5.41) is 7.10. The van der Waals surface area contributed by atoms with E-state index in [1.807, 2.05) is 39.6 Å². The number of halogens is 1. The van der Waals surface area contributed by atoms with E-state index in [1.54, 1.807) is 0 Å². The van der Waals surface area contributed by atoms with Crippen LogP contribution in [0.4, 0.5) is 4.39 Å². The van der Waals surface area contributed by atoms with Crippen molar-refractivity contribution in [1.82, 2.24) is 19.3 Å². The third-order valence-electron chi connectivity index (χ3n) is 9.46. The van der Waals surface area contributed by atoms with Crippen molar-refractivity contribution in [3.05, 3.63) is 119 Å². The number of benzene rings is 3. The summed E-state index contributed by atoms with van der Waals surface area (Å²) in [6, 6.07) is 26.1. The minimum Gasteiger partial charge on any atom is -0.509 e. The molecule has 0 bridgehead atoms. The van der Waals surface area contributed by atoms with Crippen molar-refractivity contribution in [3.8, 4) is 23.0 Å². The molecule has 0 aliphatic heterocycles. The van der Waals surface area contributed by atoms with Gasteiger partial charge in [0.2, 0.25) is 0 Å². The number of unbranched alkanes of at least 4 members (excludes halogenated alkanes) is 1. The standard InChI is InChI=1S/C40H39FN4O.Pt/c1-6-7-13-29-20-31(45-28(5)40(27(4)43-45)39-25(2)11-10-12-26(39)3)23-33(21-29)46-32-16-17-35-34-14-8-9-15-36(34)44(37(35)24-32)38-22-30(41)18-19-42-38;/h8-9,11,14-22,26,39H,6-7,10,12-13H2,1-5H3;/q-2;+2/t26-,39?;/m0./s1. The molecule has 1 aliphatic rings. The zero-order valence-corrected chi connectivity index (χ0v) is 29.8. The summed E-state index contributed by atoms with van der Waals surface area (Å²) in [5.74, 6) is 2.26. The second-order valence-corrected chi connectivity index (χ2v) is 12.7. The van der Waals surface area contributed by atoms with Gasteiger partial charge in [-0.2, -0.15) is 16.7 Å². The average Bonchev–Trinajstić information content (AvgIpc) is 3.53. The molecule has 242 valence electrons. The van der Waals surface area contributed by atoms with Gasteiger partial charge in [-0.15, -0.1) is 35.7 Å². The van der Waals surface area contributed by atoms with Crippen molar-refractivity contribution in [2.45, 2.75) is 72.6 Å². The van der Waals surface area contributed by atoms with Gasteiger partial charge in [0.15, 0.2) is 0 Å². The van der Waals surface area contributed by atoms with Crippen LogP contribution < -0.4 is 4.74 Å². The summed E-state index contributed by atoms with van der Waals surface area (Å²) in [7, 11) is 0. The number of rotatable bonds is 8. The molecule has 0 spiro atoms. The maximum absolute atomic E-state index is 14.3. The number of hydrogen-bond donors (Lipinski definition) is 0. The minimum absolute atomic E-state index is 0. The van der Waals surface area contributed by atoms with E-state index in [9.17, 15) is 4.39 Å². The number of pyridine rings is 1. The van der Waals surface area contributed by atoms with E-state index in [0.717, 1.165) is 64.6 Å².